The van der Waals surface area contributed by atoms with Crippen LogP contribution in [0.3, 0.4) is 0 Å². The number of rotatable bonds is 11. The number of carbonyl (C=O) groups excluding carboxylic acids is 1. The maximum Gasteiger partial charge on any atom is 0.229 e. The molecule has 0 radical (unpaired) electrons. The first-order chi connectivity index (χ1) is 15.9. The molecular formula is C27H34N2O3S. The summed E-state index contributed by atoms with van der Waals surface area (Å²) >= 11 is 1.64. The Hall–Kier alpha value is -2.83. The van der Waals surface area contributed by atoms with Crippen molar-refractivity contribution in [3.05, 3.63) is 65.5 Å². The predicted octanol–water partition coefficient (Wildman–Crippen LogP) is 6.10. The third-order valence-corrected chi connectivity index (χ3v) is 6.57. The van der Waals surface area contributed by atoms with Crippen molar-refractivity contribution < 1.29 is 14.3 Å². The van der Waals surface area contributed by atoms with Gasteiger partial charge in [0.25, 0.3) is 0 Å². The number of benzene rings is 2. The number of anilines is 1. The van der Waals surface area contributed by atoms with Gasteiger partial charge < -0.3 is 14.8 Å². The van der Waals surface area contributed by atoms with Crippen LogP contribution in [0.15, 0.2) is 60.7 Å². The van der Waals surface area contributed by atoms with Crippen molar-refractivity contribution in [1.29, 1.82) is 0 Å². The predicted molar refractivity (Wildman–Crippen MR) is 138 cm³/mol. The first-order valence-electron chi connectivity index (χ1n) is 11.4. The Morgan fingerprint density at radius 3 is 2.36 bits per heavy atom. The van der Waals surface area contributed by atoms with Gasteiger partial charge in [-0.3, -0.25) is 9.69 Å². The standard InChI is InChI=1S/C27H34N2O3S/c1-19(2)29(20(3)4)15-16-32-25-17-22(11-13-24(25)31-5)28-27(30)18-23-12-14-26(33-23)21-9-7-6-8-10-21/h6-14,17,19-20H,15-16,18H2,1-5H3,(H,28,30). The van der Waals surface area contributed by atoms with Crippen molar-refractivity contribution in [3.63, 3.8) is 0 Å². The second kappa shape index (κ2) is 11.9. The normalized spacial score (nSPS) is 11.3. The van der Waals surface area contributed by atoms with E-state index < -0.39 is 0 Å². The number of hydrogen-bond donors (Lipinski definition) is 1. The highest BCUT2D eigenvalue weighted by Gasteiger charge is 2.15. The Morgan fingerprint density at radius 1 is 0.970 bits per heavy atom. The van der Waals surface area contributed by atoms with Gasteiger partial charge in [0.2, 0.25) is 5.91 Å². The smallest absolute Gasteiger partial charge is 0.229 e. The highest BCUT2D eigenvalue weighted by atomic mass is 32.1. The Kier molecular flexibility index (Phi) is 8.92. The summed E-state index contributed by atoms with van der Waals surface area (Å²) in [5, 5.41) is 2.99. The lowest BCUT2D eigenvalue weighted by Crippen LogP contribution is -2.39. The molecule has 3 aromatic rings. The van der Waals surface area contributed by atoms with Gasteiger partial charge in [0.15, 0.2) is 11.5 Å². The minimum absolute atomic E-state index is 0.0571. The molecule has 0 aliphatic rings. The molecule has 33 heavy (non-hydrogen) atoms. The van der Waals surface area contributed by atoms with Crippen molar-refractivity contribution in [1.82, 2.24) is 4.90 Å². The van der Waals surface area contributed by atoms with Crippen LogP contribution in [-0.2, 0) is 11.2 Å². The van der Waals surface area contributed by atoms with E-state index in [-0.39, 0.29) is 5.91 Å². The average molecular weight is 467 g/mol. The van der Waals surface area contributed by atoms with Gasteiger partial charge in [0.1, 0.15) is 6.61 Å². The highest BCUT2D eigenvalue weighted by Crippen LogP contribution is 2.31. The Labute approximate surface area is 201 Å². The van der Waals surface area contributed by atoms with Gasteiger partial charge in [0, 0.05) is 40.1 Å². The number of hydrogen-bond acceptors (Lipinski definition) is 5. The second-order valence-corrected chi connectivity index (χ2v) is 9.66. The summed E-state index contributed by atoms with van der Waals surface area (Å²) in [7, 11) is 1.62. The van der Waals surface area contributed by atoms with Gasteiger partial charge in [-0.1, -0.05) is 30.3 Å². The lowest BCUT2D eigenvalue weighted by molar-refractivity contribution is -0.115. The van der Waals surface area contributed by atoms with E-state index in [2.05, 4.69) is 56.1 Å². The van der Waals surface area contributed by atoms with Gasteiger partial charge >= 0.3 is 0 Å². The van der Waals surface area contributed by atoms with Crippen LogP contribution < -0.4 is 14.8 Å². The number of methoxy groups -OCH3 is 1. The number of nitrogens with zero attached hydrogens (tertiary/aromatic N) is 1. The Morgan fingerprint density at radius 2 is 1.70 bits per heavy atom. The molecule has 0 bridgehead atoms. The molecule has 176 valence electrons. The summed E-state index contributed by atoms with van der Waals surface area (Å²) in [6.45, 7) is 10.1. The fourth-order valence-corrected chi connectivity index (χ4v) is 4.85. The van der Waals surface area contributed by atoms with E-state index in [1.54, 1.807) is 18.4 Å². The van der Waals surface area contributed by atoms with E-state index >= 15 is 0 Å². The number of thiophene rings is 1. The summed E-state index contributed by atoms with van der Waals surface area (Å²) in [5.41, 5.74) is 1.86. The topological polar surface area (TPSA) is 50.8 Å². The fourth-order valence-electron chi connectivity index (χ4n) is 3.83. The Bertz CT molecular complexity index is 1020. The van der Waals surface area contributed by atoms with Gasteiger partial charge in [-0.15, -0.1) is 11.3 Å². The molecule has 6 heteroatoms. The first kappa shape index (κ1) is 24.8. The monoisotopic (exact) mass is 466 g/mol. The lowest BCUT2D eigenvalue weighted by atomic mass is 10.2. The van der Waals surface area contributed by atoms with Crippen LogP contribution in [-0.4, -0.2) is 43.2 Å². The molecule has 0 saturated heterocycles. The molecule has 0 aliphatic carbocycles. The summed E-state index contributed by atoms with van der Waals surface area (Å²) in [4.78, 5) is 17.2. The minimum Gasteiger partial charge on any atom is -0.493 e. The van der Waals surface area contributed by atoms with E-state index in [9.17, 15) is 4.79 Å². The third kappa shape index (κ3) is 7.07. The third-order valence-electron chi connectivity index (χ3n) is 5.44. The molecule has 2 aromatic carbocycles. The van der Waals surface area contributed by atoms with Crippen LogP contribution >= 0.6 is 11.3 Å². The van der Waals surface area contributed by atoms with Crippen LogP contribution in [0.25, 0.3) is 10.4 Å². The zero-order chi connectivity index (χ0) is 23.8. The lowest BCUT2D eigenvalue weighted by Gasteiger charge is -2.30. The number of amides is 1. The molecule has 0 atom stereocenters. The summed E-state index contributed by atoms with van der Waals surface area (Å²) in [5.74, 6) is 1.23. The largest absolute Gasteiger partial charge is 0.493 e. The van der Waals surface area contributed by atoms with Crippen LogP contribution in [0.4, 0.5) is 5.69 Å². The van der Waals surface area contributed by atoms with Crippen molar-refractivity contribution in [2.24, 2.45) is 0 Å². The Balaban J connectivity index is 1.60. The van der Waals surface area contributed by atoms with Crippen molar-refractivity contribution in [2.75, 3.05) is 25.6 Å². The zero-order valence-electron chi connectivity index (χ0n) is 20.1. The molecular weight excluding hydrogens is 432 g/mol. The number of nitrogens with one attached hydrogen (secondary N) is 1. The molecule has 1 amide bonds. The van der Waals surface area contributed by atoms with Crippen LogP contribution in [0.1, 0.15) is 32.6 Å². The van der Waals surface area contributed by atoms with Crippen molar-refractivity contribution in [3.8, 4) is 21.9 Å². The highest BCUT2D eigenvalue weighted by molar-refractivity contribution is 7.15. The van der Waals surface area contributed by atoms with Crippen LogP contribution in [0.2, 0.25) is 0 Å². The second-order valence-electron chi connectivity index (χ2n) is 8.50. The molecule has 0 aliphatic heterocycles. The molecule has 5 nitrogen and oxygen atoms in total. The maximum atomic E-state index is 12.7. The SMILES string of the molecule is COc1ccc(NC(=O)Cc2ccc(-c3ccccc3)s2)cc1OCCN(C(C)C)C(C)C. The van der Waals surface area contributed by atoms with Gasteiger partial charge in [-0.25, -0.2) is 0 Å². The fraction of sp³-hybridized carbons (Fsp3) is 0.370. The van der Waals surface area contributed by atoms with Gasteiger partial charge in [0.05, 0.1) is 13.5 Å². The molecule has 3 rings (SSSR count). The average Bonchev–Trinajstić information content (AvgIpc) is 3.25. The first-order valence-corrected chi connectivity index (χ1v) is 12.2. The molecule has 1 aromatic heterocycles. The van der Waals surface area contributed by atoms with Crippen molar-refractivity contribution >= 4 is 22.9 Å². The van der Waals surface area contributed by atoms with Crippen molar-refractivity contribution in [2.45, 2.75) is 46.2 Å². The van der Waals surface area contributed by atoms with E-state index in [0.29, 0.717) is 42.3 Å². The molecule has 0 saturated carbocycles. The molecule has 0 unspecified atom stereocenters. The molecule has 0 fully saturated rings. The summed E-state index contributed by atoms with van der Waals surface area (Å²) < 4.78 is 11.5. The zero-order valence-corrected chi connectivity index (χ0v) is 20.9. The van der Waals surface area contributed by atoms with E-state index in [1.807, 2.05) is 42.5 Å². The molecule has 1 N–H and O–H groups in total. The molecule has 1 heterocycles. The maximum absolute atomic E-state index is 12.7. The van der Waals surface area contributed by atoms with E-state index in [0.717, 1.165) is 16.3 Å². The minimum atomic E-state index is -0.0571. The quantitative estimate of drug-likeness (QED) is 0.371. The summed E-state index contributed by atoms with van der Waals surface area (Å²) in [6.07, 6.45) is 0.331. The summed E-state index contributed by atoms with van der Waals surface area (Å²) in [6, 6.07) is 20.7. The van der Waals surface area contributed by atoms with E-state index in [1.165, 1.54) is 5.56 Å². The van der Waals surface area contributed by atoms with Gasteiger partial charge in [-0.05, 0) is 57.5 Å². The van der Waals surface area contributed by atoms with Crippen LogP contribution in [0.5, 0.6) is 11.5 Å². The molecule has 0 spiro atoms. The van der Waals surface area contributed by atoms with Crippen LogP contribution in [0, 0.1) is 0 Å². The van der Waals surface area contributed by atoms with Gasteiger partial charge in [-0.2, -0.15) is 0 Å². The number of ether oxygens (including phenoxy) is 2. The van der Waals surface area contributed by atoms with E-state index in [4.69, 9.17) is 9.47 Å². The number of carbonyl (C=O) groups is 1.